The molecule has 2 aromatic rings. The third-order valence-corrected chi connectivity index (χ3v) is 4.29. The first-order valence-electron chi connectivity index (χ1n) is 6.50. The number of rotatable bonds is 6. The number of nitrogens with two attached hydrogens (primary N) is 1. The second-order valence-corrected chi connectivity index (χ2v) is 6.46. The van der Waals surface area contributed by atoms with Crippen molar-refractivity contribution in [2.24, 2.45) is 5.73 Å². The topological polar surface area (TPSA) is 92.4 Å². The van der Waals surface area contributed by atoms with Crippen LogP contribution in [0.4, 0.5) is 5.69 Å². The molecule has 2 aromatic carbocycles. The summed E-state index contributed by atoms with van der Waals surface area (Å²) in [6.45, 7) is 0.364. The van der Waals surface area contributed by atoms with Gasteiger partial charge in [-0.1, -0.05) is 36.4 Å². The minimum absolute atomic E-state index is 0.0689. The fourth-order valence-electron chi connectivity index (χ4n) is 1.88. The molecular weight excluding hydrogens is 288 g/mol. The number of sulfonamides is 1. The minimum Gasteiger partial charge on any atom is -0.392 e. The lowest BCUT2D eigenvalue weighted by Gasteiger charge is -2.09. The third kappa shape index (κ3) is 4.56. The molecule has 0 saturated carbocycles. The predicted octanol–water partition coefficient (Wildman–Crippen LogP) is 1.58. The zero-order chi connectivity index (χ0) is 15.3. The molecule has 0 aliphatic rings. The van der Waals surface area contributed by atoms with Crippen LogP contribution in [0.25, 0.3) is 0 Å². The molecule has 0 amide bonds. The average molecular weight is 306 g/mol. The number of hydrogen-bond acceptors (Lipinski definition) is 4. The highest BCUT2D eigenvalue weighted by Crippen LogP contribution is 2.14. The highest BCUT2D eigenvalue weighted by molar-refractivity contribution is 7.91. The highest BCUT2D eigenvalue weighted by atomic mass is 32.2. The molecule has 4 N–H and O–H groups in total. The molecule has 0 unspecified atom stereocenters. The monoisotopic (exact) mass is 306 g/mol. The van der Waals surface area contributed by atoms with Crippen LogP contribution in [0, 0.1) is 0 Å². The van der Waals surface area contributed by atoms with E-state index in [-0.39, 0.29) is 12.4 Å². The molecule has 0 aromatic heterocycles. The van der Waals surface area contributed by atoms with Crippen LogP contribution in [-0.4, -0.2) is 13.5 Å². The Balaban J connectivity index is 2.06. The molecule has 0 heterocycles. The molecule has 0 aliphatic heterocycles. The molecule has 0 aliphatic carbocycles. The molecule has 0 fully saturated rings. The number of hydrogen-bond donors (Lipinski definition) is 3. The van der Waals surface area contributed by atoms with Crippen molar-refractivity contribution < 1.29 is 13.5 Å². The lowest BCUT2D eigenvalue weighted by molar-refractivity contribution is 0.282. The van der Waals surface area contributed by atoms with Gasteiger partial charge in [-0.05, 0) is 28.8 Å². The molecule has 112 valence electrons. The maximum absolute atomic E-state index is 12.1. The van der Waals surface area contributed by atoms with Crippen molar-refractivity contribution in [1.82, 2.24) is 0 Å². The number of aliphatic hydroxyl groups is 1. The second-order valence-electron chi connectivity index (χ2n) is 4.74. The van der Waals surface area contributed by atoms with Crippen molar-refractivity contribution in [2.45, 2.75) is 18.9 Å². The molecule has 0 saturated heterocycles. The maximum atomic E-state index is 12.1. The average Bonchev–Trinajstić information content (AvgIpc) is 2.48. The van der Waals surface area contributed by atoms with Gasteiger partial charge in [-0.2, -0.15) is 0 Å². The zero-order valence-electron chi connectivity index (χ0n) is 11.5. The largest absolute Gasteiger partial charge is 0.392 e. The SMILES string of the molecule is NCc1ccc(CS(=O)(=O)Nc2ccc(CO)cc2)cc1. The van der Waals surface area contributed by atoms with Gasteiger partial charge in [-0.15, -0.1) is 0 Å². The third-order valence-electron chi connectivity index (χ3n) is 3.03. The van der Waals surface area contributed by atoms with Gasteiger partial charge in [0.1, 0.15) is 0 Å². The van der Waals surface area contributed by atoms with Crippen LogP contribution in [0.15, 0.2) is 48.5 Å². The number of nitrogens with one attached hydrogen (secondary N) is 1. The van der Waals surface area contributed by atoms with Crippen LogP contribution < -0.4 is 10.5 Å². The molecule has 0 spiro atoms. The molecule has 0 bridgehead atoms. The molecule has 0 radical (unpaired) electrons. The summed E-state index contributed by atoms with van der Waals surface area (Å²) in [5.41, 5.74) is 8.38. The van der Waals surface area contributed by atoms with E-state index in [2.05, 4.69) is 4.72 Å². The van der Waals surface area contributed by atoms with E-state index in [9.17, 15) is 8.42 Å². The summed E-state index contributed by atoms with van der Waals surface area (Å²) in [5, 5.41) is 8.95. The Morgan fingerprint density at radius 3 is 1.95 bits per heavy atom. The molecular formula is C15H18N2O3S. The van der Waals surface area contributed by atoms with Crippen LogP contribution in [-0.2, 0) is 28.9 Å². The van der Waals surface area contributed by atoms with E-state index in [1.54, 1.807) is 36.4 Å². The fraction of sp³-hybridized carbons (Fsp3) is 0.200. The summed E-state index contributed by atoms with van der Waals surface area (Å²) in [4.78, 5) is 0. The molecule has 21 heavy (non-hydrogen) atoms. The first-order valence-corrected chi connectivity index (χ1v) is 8.16. The lowest BCUT2D eigenvalue weighted by Crippen LogP contribution is -2.15. The van der Waals surface area contributed by atoms with E-state index in [0.29, 0.717) is 17.8 Å². The van der Waals surface area contributed by atoms with Gasteiger partial charge in [0, 0.05) is 12.2 Å². The van der Waals surface area contributed by atoms with Gasteiger partial charge in [0.05, 0.1) is 12.4 Å². The summed E-state index contributed by atoms with van der Waals surface area (Å²) in [5.74, 6) is -0.0976. The summed E-state index contributed by atoms with van der Waals surface area (Å²) >= 11 is 0. The van der Waals surface area contributed by atoms with Gasteiger partial charge in [0.2, 0.25) is 10.0 Å². The predicted molar refractivity (Wildman–Crippen MR) is 82.9 cm³/mol. The first-order chi connectivity index (χ1) is 10.0. The number of anilines is 1. The number of benzene rings is 2. The fourth-order valence-corrected chi connectivity index (χ4v) is 3.08. The van der Waals surface area contributed by atoms with E-state index in [0.717, 1.165) is 11.1 Å². The Labute approximate surface area is 124 Å². The Bertz CT molecular complexity index is 624. The molecule has 2 rings (SSSR count). The molecule has 5 nitrogen and oxygen atoms in total. The molecule has 6 heteroatoms. The van der Waals surface area contributed by atoms with Crippen molar-refractivity contribution in [2.75, 3.05) is 4.72 Å². The number of aliphatic hydroxyl groups excluding tert-OH is 1. The Hall–Kier alpha value is -1.89. The minimum atomic E-state index is -3.47. The van der Waals surface area contributed by atoms with Gasteiger partial charge in [-0.25, -0.2) is 8.42 Å². The maximum Gasteiger partial charge on any atom is 0.236 e. The van der Waals surface area contributed by atoms with Crippen molar-refractivity contribution >= 4 is 15.7 Å². The van der Waals surface area contributed by atoms with Gasteiger partial charge >= 0.3 is 0 Å². The summed E-state index contributed by atoms with van der Waals surface area (Å²) in [6.07, 6.45) is 0. The van der Waals surface area contributed by atoms with E-state index < -0.39 is 10.0 Å². The van der Waals surface area contributed by atoms with Crippen LogP contribution in [0.3, 0.4) is 0 Å². The van der Waals surface area contributed by atoms with Crippen LogP contribution in [0.5, 0.6) is 0 Å². The van der Waals surface area contributed by atoms with Gasteiger partial charge < -0.3 is 10.8 Å². The van der Waals surface area contributed by atoms with E-state index >= 15 is 0 Å². The van der Waals surface area contributed by atoms with Gasteiger partial charge in [-0.3, -0.25) is 4.72 Å². The van der Waals surface area contributed by atoms with Crippen LogP contribution in [0.1, 0.15) is 16.7 Å². The van der Waals surface area contributed by atoms with Crippen molar-refractivity contribution in [1.29, 1.82) is 0 Å². The summed E-state index contributed by atoms with van der Waals surface area (Å²) < 4.78 is 26.7. The van der Waals surface area contributed by atoms with Gasteiger partial charge in [0.15, 0.2) is 0 Å². The second kappa shape index (κ2) is 6.71. The van der Waals surface area contributed by atoms with Crippen LogP contribution >= 0.6 is 0 Å². The highest BCUT2D eigenvalue weighted by Gasteiger charge is 2.11. The zero-order valence-corrected chi connectivity index (χ0v) is 12.3. The first kappa shape index (κ1) is 15.5. The Kier molecular flexibility index (Phi) is 4.95. The van der Waals surface area contributed by atoms with Gasteiger partial charge in [0.25, 0.3) is 0 Å². The van der Waals surface area contributed by atoms with Crippen molar-refractivity contribution in [3.8, 4) is 0 Å². The van der Waals surface area contributed by atoms with Crippen molar-refractivity contribution in [3.63, 3.8) is 0 Å². The Morgan fingerprint density at radius 2 is 1.43 bits per heavy atom. The quantitative estimate of drug-likeness (QED) is 0.755. The Morgan fingerprint density at radius 1 is 0.905 bits per heavy atom. The lowest BCUT2D eigenvalue weighted by atomic mass is 10.1. The van der Waals surface area contributed by atoms with E-state index in [4.69, 9.17) is 10.8 Å². The standard InChI is InChI=1S/C15H18N2O3S/c16-9-12-1-3-14(4-2-12)11-21(19,20)17-15-7-5-13(10-18)6-8-15/h1-8,17-18H,9-11,16H2. The smallest absolute Gasteiger partial charge is 0.236 e. The van der Waals surface area contributed by atoms with Crippen molar-refractivity contribution in [3.05, 3.63) is 65.2 Å². The summed E-state index contributed by atoms with van der Waals surface area (Å²) in [7, 11) is -3.47. The van der Waals surface area contributed by atoms with E-state index in [1.165, 1.54) is 0 Å². The molecule has 0 atom stereocenters. The summed E-state index contributed by atoms with van der Waals surface area (Å²) in [6, 6.07) is 13.8. The van der Waals surface area contributed by atoms with E-state index in [1.807, 2.05) is 12.1 Å². The normalized spacial score (nSPS) is 11.3. The van der Waals surface area contributed by atoms with Crippen LogP contribution in [0.2, 0.25) is 0 Å².